The van der Waals surface area contributed by atoms with E-state index in [1.165, 1.54) is 11.3 Å². The maximum Gasteiger partial charge on any atom is 0.250 e. The molecule has 0 fully saturated rings. The van der Waals surface area contributed by atoms with Gasteiger partial charge in [-0.15, -0.1) is 21.5 Å². The second-order valence-corrected chi connectivity index (χ2v) is 5.99. The lowest BCUT2D eigenvalue weighted by atomic mass is 10.2. The zero-order valence-electron chi connectivity index (χ0n) is 10.0. The molecule has 0 saturated carbocycles. The first-order valence-corrected chi connectivity index (χ1v) is 7.24. The summed E-state index contributed by atoms with van der Waals surface area (Å²) in [6.07, 6.45) is 0.883. The Morgan fingerprint density at radius 3 is 2.72 bits per heavy atom. The van der Waals surface area contributed by atoms with Gasteiger partial charge in [-0.05, 0) is 19.0 Å². The average Bonchev–Trinajstić information content (AvgIpc) is 2.92. The molecule has 0 amide bonds. The van der Waals surface area contributed by atoms with Crippen LogP contribution in [0.2, 0.25) is 8.67 Å². The third kappa shape index (κ3) is 2.85. The Morgan fingerprint density at radius 2 is 2.17 bits per heavy atom. The van der Waals surface area contributed by atoms with Gasteiger partial charge in [-0.2, -0.15) is 0 Å². The molecule has 4 nitrogen and oxygen atoms in total. The van der Waals surface area contributed by atoms with Crippen molar-refractivity contribution < 1.29 is 4.42 Å². The summed E-state index contributed by atoms with van der Waals surface area (Å²) >= 11 is 13.2. The molecule has 98 valence electrons. The van der Waals surface area contributed by atoms with E-state index in [1.807, 2.05) is 6.92 Å². The third-order valence-corrected chi connectivity index (χ3v) is 3.97. The number of aromatic nitrogens is 2. The highest BCUT2D eigenvalue weighted by Gasteiger charge is 2.19. The quantitative estimate of drug-likeness (QED) is 0.901. The smallest absolute Gasteiger partial charge is 0.250 e. The molecule has 1 unspecified atom stereocenters. The normalized spacial score (nSPS) is 12.9. The number of thiophene rings is 1. The van der Waals surface area contributed by atoms with Crippen molar-refractivity contribution in [3.8, 4) is 11.5 Å². The van der Waals surface area contributed by atoms with Gasteiger partial charge in [-0.1, -0.05) is 37.0 Å². The van der Waals surface area contributed by atoms with Crippen LogP contribution in [0.4, 0.5) is 0 Å². The van der Waals surface area contributed by atoms with E-state index in [4.69, 9.17) is 27.6 Å². The maximum absolute atomic E-state index is 6.05. The number of nitrogens with one attached hydrogen (secondary N) is 1. The van der Waals surface area contributed by atoms with Gasteiger partial charge in [-0.25, -0.2) is 0 Å². The van der Waals surface area contributed by atoms with Gasteiger partial charge in [0.25, 0.3) is 0 Å². The fourth-order valence-corrected chi connectivity index (χ4v) is 3.07. The molecule has 0 saturated heterocycles. The largest absolute Gasteiger partial charge is 0.419 e. The number of hydrogen-bond acceptors (Lipinski definition) is 5. The van der Waals surface area contributed by atoms with Crippen LogP contribution < -0.4 is 5.32 Å². The number of halogens is 2. The molecule has 0 spiro atoms. The lowest BCUT2D eigenvalue weighted by molar-refractivity contribution is 0.402. The summed E-state index contributed by atoms with van der Waals surface area (Å²) in [7, 11) is 0. The molecule has 0 bridgehead atoms. The van der Waals surface area contributed by atoms with Crippen LogP contribution in [-0.4, -0.2) is 16.7 Å². The van der Waals surface area contributed by atoms with Crippen LogP contribution in [0.15, 0.2) is 10.5 Å². The molecule has 0 aliphatic heterocycles. The molecule has 1 N–H and O–H groups in total. The summed E-state index contributed by atoms with van der Waals surface area (Å²) < 4.78 is 6.82. The van der Waals surface area contributed by atoms with Gasteiger partial charge < -0.3 is 9.73 Å². The van der Waals surface area contributed by atoms with Crippen LogP contribution in [-0.2, 0) is 0 Å². The Hall–Kier alpha value is -0.620. The molecule has 2 rings (SSSR count). The molecule has 2 heterocycles. The minimum atomic E-state index is 0.0733. The van der Waals surface area contributed by atoms with Crippen LogP contribution >= 0.6 is 34.5 Å². The van der Waals surface area contributed by atoms with Gasteiger partial charge in [0.2, 0.25) is 11.8 Å². The molecule has 1 atom stereocenters. The van der Waals surface area contributed by atoms with E-state index in [-0.39, 0.29) is 6.04 Å². The Kier molecular flexibility index (Phi) is 4.61. The SMILES string of the molecule is CCNC(CC)c1nnc(-c2cc(Cl)sc2Cl)o1. The van der Waals surface area contributed by atoms with E-state index < -0.39 is 0 Å². The maximum atomic E-state index is 6.05. The fraction of sp³-hybridized carbons (Fsp3) is 0.455. The summed E-state index contributed by atoms with van der Waals surface area (Å²) in [5.41, 5.74) is 0.691. The van der Waals surface area contributed by atoms with Gasteiger partial charge in [0.05, 0.1) is 15.9 Å². The first kappa shape index (κ1) is 13.8. The summed E-state index contributed by atoms with van der Waals surface area (Å²) in [4.78, 5) is 0. The second kappa shape index (κ2) is 6.02. The molecule has 2 aromatic heterocycles. The van der Waals surface area contributed by atoms with Crippen molar-refractivity contribution >= 4 is 34.5 Å². The van der Waals surface area contributed by atoms with Gasteiger partial charge >= 0.3 is 0 Å². The molecule has 0 radical (unpaired) electrons. The van der Waals surface area contributed by atoms with E-state index in [9.17, 15) is 0 Å². The van der Waals surface area contributed by atoms with Crippen molar-refractivity contribution in [1.82, 2.24) is 15.5 Å². The topological polar surface area (TPSA) is 51.0 Å². The Labute approximate surface area is 119 Å². The summed E-state index contributed by atoms with van der Waals surface area (Å²) in [5, 5.41) is 11.4. The molecule has 0 aromatic carbocycles. The molecule has 18 heavy (non-hydrogen) atoms. The van der Waals surface area contributed by atoms with Crippen molar-refractivity contribution in [2.75, 3.05) is 6.54 Å². The standard InChI is InChI=1S/C11H13Cl2N3OS/c1-3-7(14-4-2)11-16-15-10(17-11)6-5-8(12)18-9(6)13/h5,7,14H,3-4H2,1-2H3. The zero-order chi connectivity index (χ0) is 13.1. The monoisotopic (exact) mass is 305 g/mol. The van der Waals surface area contributed by atoms with Gasteiger partial charge in [0.1, 0.15) is 4.34 Å². The summed E-state index contributed by atoms with van der Waals surface area (Å²) in [5.74, 6) is 0.988. The van der Waals surface area contributed by atoms with Gasteiger partial charge in [-0.3, -0.25) is 0 Å². The second-order valence-electron chi connectivity index (χ2n) is 3.70. The number of rotatable bonds is 5. The molecular formula is C11H13Cl2N3OS. The van der Waals surface area contributed by atoms with E-state index in [1.54, 1.807) is 6.07 Å². The van der Waals surface area contributed by atoms with Crippen molar-refractivity contribution in [2.45, 2.75) is 26.3 Å². The molecule has 0 aliphatic rings. The highest BCUT2D eigenvalue weighted by atomic mass is 35.5. The van der Waals surface area contributed by atoms with Crippen LogP contribution in [0.3, 0.4) is 0 Å². The number of hydrogen-bond donors (Lipinski definition) is 1. The zero-order valence-corrected chi connectivity index (χ0v) is 12.4. The predicted octanol–water partition coefficient (Wildman–Crippen LogP) is 4.17. The van der Waals surface area contributed by atoms with Crippen LogP contribution in [0.5, 0.6) is 0 Å². The van der Waals surface area contributed by atoms with Crippen LogP contribution in [0, 0.1) is 0 Å². The highest BCUT2D eigenvalue weighted by molar-refractivity contribution is 7.20. The highest BCUT2D eigenvalue weighted by Crippen LogP contribution is 2.37. The molecule has 2 aromatic rings. The van der Waals surface area contributed by atoms with Crippen molar-refractivity contribution in [3.05, 3.63) is 20.6 Å². The molecular weight excluding hydrogens is 293 g/mol. The van der Waals surface area contributed by atoms with Crippen molar-refractivity contribution in [3.63, 3.8) is 0 Å². The van der Waals surface area contributed by atoms with Crippen LogP contribution in [0.25, 0.3) is 11.5 Å². The van der Waals surface area contributed by atoms with E-state index in [0.29, 0.717) is 26.0 Å². The van der Waals surface area contributed by atoms with E-state index in [2.05, 4.69) is 22.4 Å². The van der Waals surface area contributed by atoms with E-state index in [0.717, 1.165) is 13.0 Å². The predicted molar refractivity (Wildman–Crippen MR) is 74.3 cm³/mol. The van der Waals surface area contributed by atoms with Crippen molar-refractivity contribution in [1.29, 1.82) is 0 Å². The fourth-order valence-electron chi connectivity index (χ4n) is 1.62. The first-order valence-electron chi connectivity index (χ1n) is 5.67. The lowest BCUT2D eigenvalue weighted by Gasteiger charge is -2.09. The van der Waals surface area contributed by atoms with Gasteiger partial charge in [0.15, 0.2) is 0 Å². The number of nitrogens with zero attached hydrogens (tertiary/aromatic N) is 2. The summed E-state index contributed by atoms with van der Waals surface area (Å²) in [6.45, 7) is 4.95. The van der Waals surface area contributed by atoms with Gasteiger partial charge in [0, 0.05) is 0 Å². The minimum absolute atomic E-state index is 0.0733. The minimum Gasteiger partial charge on any atom is -0.419 e. The van der Waals surface area contributed by atoms with Crippen molar-refractivity contribution in [2.24, 2.45) is 0 Å². The van der Waals surface area contributed by atoms with Crippen LogP contribution in [0.1, 0.15) is 32.2 Å². The first-order chi connectivity index (χ1) is 8.65. The Morgan fingerprint density at radius 1 is 1.39 bits per heavy atom. The van der Waals surface area contributed by atoms with E-state index >= 15 is 0 Å². The Bertz CT molecular complexity index is 526. The average molecular weight is 306 g/mol. The Balaban J connectivity index is 2.27. The lowest BCUT2D eigenvalue weighted by Crippen LogP contribution is -2.20. The molecule has 7 heteroatoms. The summed E-state index contributed by atoms with van der Waals surface area (Å²) in [6, 6.07) is 1.81. The third-order valence-electron chi connectivity index (χ3n) is 2.48. The molecule has 0 aliphatic carbocycles.